The Morgan fingerprint density at radius 3 is 2.22 bits per heavy atom. The van der Waals surface area contributed by atoms with E-state index >= 15 is 0 Å². The topological polar surface area (TPSA) is 33.2 Å². The van der Waals surface area contributed by atoms with Crippen LogP contribution in [0, 0.1) is 5.82 Å². The van der Waals surface area contributed by atoms with E-state index in [4.69, 9.17) is 0 Å². The largest absolute Gasteiger partial charge is 0.283 e. The van der Waals surface area contributed by atoms with Crippen molar-refractivity contribution in [1.29, 1.82) is 0 Å². The molecular formula is C22H17FN2OS. The normalized spacial score (nSPS) is 10.9. The minimum absolute atomic E-state index is 0.0653. The SMILES string of the molecule is O=C(Cc1ccccc1)N(Cc1ccccc1)c1nc2c(F)cccc2s1. The summed E-state index contributed by atoms with van der Waals surface area (Å²) in [5, 5.41) is 0.514. The molecule has 0 aliphatic carbocycles. The van der Waals surface area contributed by atoms with Gasteiger partial charge in [0.05, 0.1) is 17.7 Å². The highest BCUT2D eigenvalue weighted by Gasteiger charge is 2.21. The van der Waals surface area contributed by atoms with E-state index < -0.39 is 0 Å². The molecule has 0 saturated heterocycles. The first-order valence-corrected chi connectivity index (χ1v) is 9.45. The average molecular weight is 376 g/mol. The van der Waals surface area contributed by atoms with Crippen molar-refractivity contribution in [3.8, 4) is 0 Å². The minimum atomic E-state index is -0.370. The summed E-state index contributed by atoms with van der Waals surface area (Å²) in [6.45, 7) is 0.397. The van der Waals surface area contributed by atoms with Crippen LogP contribution in [0.3, 0.4) is 0 Å². The Balaban J connectivity index is 1.70. The van der Waals surface area contributed by atoms with E-state index in [-0.39, 0.29) is 18.1 Å². The van der Waals surface area contributed by atoms with Crippen molar-refractivity contribution < 1.29 is 9.18 Å². The summed E-state index contributed by atoms with van der Waals surface area (Å²) in [5.41, 5.74) is 2.24. The third kappa shape index (κ3) is 3.88. The molecule has 1 amide bonds. The van der Waals surface area contributed by atoms with E-state index in [1.165, 1.54) is 17.4 Å². The fourth-order valence-corrected chi connectivity index (χ4v) is 3.91. The summed E-state index contributed by atoms with van der Waals surface area (Å²) < 4.78 is 14.8. The lowest BCUT2D eigenvalue weighted by Gasteiger charge is -2.20. The van der Waals surface area contributed by atoms with Crippen LogP contribution in [-0.4, -0.2) is 10.9 Å². The van der Waals surface area contributed by atoms with E-state index in [1.807, 2.05) is 66.7 Å². The number of carbonyl (C=O) groups is 1. The predicted molar refractivity (Wildman–Crippen MR) is 107 cm³/mol. The van der Waals surface area contributed by atoms with E-state index in [0.717, 1.165) is 15.8 Å². The van der Waals surface area contributed by atoms with Gasteiger partial charge in [-0.3, -0.25) is 9.69 Å². The molecule has 1 aromatic heterocycles. The van der Waals surface area contributed by atoms with Crippen molar-refractivity contribution in [2.24, 2.45) is 0 Å². The van der Waals surface area contributed by atoms with Crippen molar-refractivity contribution in [2.75, 3.05) is 4.90 Å². The Kier molecular flexibility index (Phi) is 4.94. The number of fused-ring (bicyclic) bond motifs is 1. The lowest BCUT2D eigenvalue weighted by atomic mass is 10.1. The molecule has 0 aliphatic rings. The number of thiazole rings is 1. The van der Waals surface area contributed by atoms with Gasteiger partial charge in [-0.05, 0) is 23.3 Å². The molecule has 0 atom stereocenters. The smallest absolute Gasteiger partial charge is 0.233 e. The van der Waals surface area contributed by atoms with Gasteiger partial charge >= 0.3 is 0 Å². The van der Waals surface area contributed by atoms with Crippen LogP contribution in [0.5, 0.6) is 0 Å². The Hall–Kier alpha value is -3.05. The van der Waals surface area contributed by atoms with Gasteiger partial charge in [0, 0.05) is 0 Å². The van der Waals surface area contributed by atoms with Crippen LogP contribution in [0.15, 0.2) is 78.9 Å². The number of aromatic nitrogens is 1. The second kappa shape index (κ2) is 7.68. The summed E-state index contributed by atoms with van der Waals surface area (Å²) in [6, 6.07) is 24.2. The lowest BCUT2D eigenvalue weighted by molar-refractivity contribution is -0.118. The molecule has 3 nitrogen and oxygen atoms in total. The fourth-order valence-electron chi connectivity index (χ4n) is 2.91. The number of rotatable bonds is 5. The Morgan fingerprint density at radius 1 is 0.889 bits per heavy atom. The quantitative estimate of drug-likeness (QED) is 0.479. The van der Waals surface area contributed by atoms with Crippen molar-refractivity contribution >= 4 is 32.6 Å². The van der Waals surface area contributed by atoms with Gasteiger partial charge < -0.3 is 0 Å². The number of nitrogens with zero attached hydrogens (tertiary/aromatic N) is 2. The van der Waals surface area contributed by atoms with Gasteiger partial charge in [0.1, 0.15) is 11.3 Å². The van der Waals surface area contributed by atoms with Crippen molar-refractivity contribution in [3.05, 3.63) is 95.8 Å². The van der Waals surface area contributed by atoms with E-state index in [0.29, 0.717) is 17.2 Å². The minimum Gasteiger partial charge on any atom is -0.283 e. The van der Waals surface area contributed by atoms with Gasteiger partial charge in [0.2, 0.25) is 5.91 Å². The first-order valence-electron chi connectivity index (χ1n) is 8.64. The summed E-state index contributed by atoms with van der Waals surface area (Å²) in [5.74, 6) is -0.435. The molecule has 0 fully saturated rings. The van der Waals surface area contributed by atoms with E-state index in [2.05, 4.69) is 4.98 Å². The van der Waals surface area contributed by atoms with Gasteiger partial charge in [0.15, 0.2) is 5.13 Å². The summed E-state index contributed by atoms with van der Waals surface area (Å²) >= 11 is 1.33. The Morgan fingerprint density at radius 2 is 1.56 bits per heavy atom. The van der Waals surface area contributed by atoms with E-state index in [1.54, 1.807) is 11.0 Å². The summed E-state index contributed by atoms with van der Waals surface area (Å²) in [7, 11) is 0. The number of amides is 1. The molecule has 4 rings (SSSR count). The molecule has 0 saturated carbocycles. The van der Waals surface area contributed by atoms with Crippen LogP contribution in [0.2, 0.25) is 0 Å². The maximum absolute atomic E-state index is 14.1. The predicted octanol–water partition coefficient (Wildman–Crippen LogP) is 5.21. The first-order chi connectivity index (χ1) is 13.2. The Labute approximate surface area is 160 Å². The molecule has 134 valence electrons. The van der Waals surface area contributed by atoms with Gasteiger partial charge in [0.25, 0.3) is 0 Å². The van der Waals surface area contributed by atoms with Gasteiger partial charge in [-0.1, -0.05) is 78.1 Å². The van der Waals surface area contributed by atoms with Crippen molar-refractivity contribution in [2.45, 2.75) is 13.0 Å². The zero-order valence-electron chi connectivity index (χ0n) is 14.5. The lowest BCUT2D eigenvalue weighted by Crippen LogP contribution is -2.31. The fraction of sp³-hybridized carbons (Fsp3) is 0.0909. The molecule has 0 spiro atoms. The molecule has 4 aromatic rings. The number of benzene rings is 3. The van der Waals surface area contributed by atoms with Crippen LogP contribution in [0.4, 0.5) is 9.52 Å². The maximum atomic E-state index is 14.1. The van der Waals surface area contributed by atoms with Crippen LogP contribution in [-0.2, 0) is 17.8 Å². The molecule has 1 heterocycles. The summed E-state index contributed by atoms with van der Waals surface area (Å²) in [6.07, 6.45) is 0.270. The van der Waals surface area contributed by atoms with Crippen LogP contribution < -0.4 is 4.90 Å². The van der Waals surface area contributed by atoms with E-state index in [9.17, 15) is 9.18 Å². The number of para-hydroxylation sites is 1. The molecule has 0 N–H and O–H groups in total. The second-order valence-electron chi connectivity index (χ2n) is 6.21. The molecule has 5 heteroatoms. The third-order valence-electron chi connectivity index (χ3n) is 4.27. The second-order valence-corrected chi connectivity index (χ2v) is 7.22. The average Bonchev–Trinajstić information content (AvgIpc) is 3.13. The Bertz CT molecular complexity index is 1060. The highest BCUT2D eigenvalue weighted by Crippen LogP contribution is 2.31. The molecule has 0 bridgehead atoms. The van der Waals surface area contributed by atoms with Crippen molar-refractivity contribution in [1.82, 2.24) is 4.98 Å². The molecule has 0 aliphatic heterocycles. The number of anilines is 1. The van der Waals surface area contributed by atoms with Crippen LogP contribution in [0.1, 0.15) is 11.1 Å². The number of carbonyl (C=O) groups excluding carboxylic acids is 1. The summed E-state index contributed by atoms with van der Waals surface area (Å²) in [4.78, 5) is 19.1. The molecule has 0 unspecified atom stereocenters. The first kappa shape index (κ1) is 17.4. The van der Waals surface area contributed by atoms with Crippen LogP contribution in [0.25, 0.3) is 10.2 Å². The van der Waals surface area contributed by atoms with Gasteiger partial charge in [-0.25, -0.2) is 9.37 Å². The van der Waals surface area contributed by atoms with Gasteiger partial charge in [-0.2, -0.15) is 0 Å². The standard InChI is InChI=1S/C22H17FN2OS/c23-18-12-7-13-19-21(18)24-22(27-19)25(15-17-10-5-2-6-11-17)20(26)14-16-8-3-1-4-9-16/h1-13H,14-15H2. The molecule has 0 radical (unpaired) electrons. The van der Waals surface area contributed by atoms with Crippen molar-refractivity contribution in [3.63, 3.8) is 0 Å². The van der Waals surface area contributed by atoms with Gasteiger partial charge in [-0.15, -0.1) is 0 Å². The zero-order chi connectivity index (χ0) is 18.6. The highest BCUT2D eigenvalue weighted by atomic mass is 32.1. The molecular weight excluding hydrogens is 359 g/mol. The zero-order valence-corrected chi connectivity index (χ0v) is 15.3. The monoisotopic (exact) mass is 376 g/mol. The van der Waals surface area contributed by atoms with Crippen LogP contribution >= 0.6 is 11.3 Å². The highest BCUT2D eigenvalue weighted by molar-refractivity contribution is 7.22. The maximum Gasteiger partial charge on any atom is 0.233 e. The number of hydrogen-bond acceptors (Lipinski definition) is 3. The molecule has 3 aromatic carbocycles. The number of halogens is 1. The molecule has 27 heavy (non-hydrogen) atoms. The number of hydrogen-bond donors (Lipinski definition) is 0. The third-order valence-corrected chi connectivity index (χ3v) is 5.32.